The van der Waals surface area contributed by atoms with Crippen molar-refractivity contribution in [1.29, 1.82) is 0 Å². The van der Waals surface area contributed by atoms with Gasteiger partial charge in [0.2, 0.25) is 0 Å². The Morgan fingerprint density at radius 1 is 1.21 bits per heavy atom. The van der Waals surface area contributed by atoms with Gasteiger partial charge in [-0.3, -0.25) is 0 Å². The lowest BCUT2D eigenvalue weighted by atomic mass is 10.1. The zero-order valence-electron chi connectivity index (χ0n) is 11.0. The second-order valence-electron chi connectivity index (χ2n) is 4.39. The van der Waals surface area contributed by atoms with Crippen LogP contribution in [0.1, 0.15) is 25.1 Å². The molecule has 0 bridgehead atoms. The predicted molar refractivity (Wildman–Crippen MR) is 74.9 cm³/mol. The molecule has 0 amide bonds. The summed E-state index contributed by atoms with van der Waals surface area (Å²) in [4.78, 5) is 0.306. The van der Waals surface area contributed by atoms with Crippen LogP contribution in [0, 0.1) is 0 Å². The van der Waals surface area contributed by atoms with Crippen LogP contribution in [0.4, 0.5) is 5.69 Å². The van der Waals surface area contributed by atoms with Crippen LogP contribution in [-0.4, -0.2) is 14.7 Å². The Kier molecular flexibility index (Phi) is 3.95. The quantitative estimate of drug-likeness (QED) is 0.912. The molecule has 0 fully saturated rings. The lowest BCUT2D eigenvalue weighted by molar-refractivity contribution is 0.473. The van der Waals surface area contributed by atoms with Gasteiger partial charge in [-0.1, -0.05) is 19.1 Å². The van der Waals surface area contributed by atoms with Crippen LogP contribution in [0.15, 0.2) is 52.0 Å². The van der Waals surface area contributed by atoms with E-state index in [1.807, 2.05) is 25.1 Å². The van der Waals surface area contributed by atoms with Crippen LogP contribution >= 0.6 is 0 Å². The minimum Gasteiger partial charge on any atom is -0.467 e. The van der Waals surface area contributed by atoms with E-state index in [1.54, 1.807) is 24.5 Å². The summed E-state index contributed by atoms with van der Waals surface area (Å²) in [5, 5.41) is 3.23. The molecule has 2 aromatic rings. The monoisotopic (exact) mass is 279 g/mol. The van der Waals surface area contributed by atoms with Gasteiger partial charge in [0.05, 0.1) is 22.9 Å². The highest BCUT2D eigenvalue weighted by Gasteiger charge is 2.17. The molecule has 2 rings (SSSR count). The maximum atomic E-state index is 11.7. The molecule has 0 spiro atoms. The van der Waals surface area contributed by atoms with Crippen molar-refractivity contribution in [3.05, 3.63) is 48.4 Å². The lowest BCUT2D eigenvalue weighted by Crippen LogP contribution is -2.12. The fourth-order valence-electron chi connectivity index (χ4n) is 1.96. The van der Waals surface area contributed by atoms with Gasteiger partial charge in [0.15, 0.2) is 9.84 Å². The maximum Gasteiger partial charge on any atom is 0.177 e. The van der Waals surface area contributed by atoms with Crippen LogP contribution < -0.4 is 5.32 Å². The third-order valence-corrected chi connectivity index (χ3v) is 4.07. The summed E-state index contributed by atoms with van der Waals surface area (Å²) in [6.45, 7) is 2.02. The molecule has 1 atom stereocenters. The molecule has 0 aliphatic carbocycles. The third kappa shape index (κ3) is 3.17. The van der Waals surface area contributed by atoms with E-state index in [1.165, 1.54) is 6.26 Å². The molecule has 19 heavy (non-hydrogen) atoms. The number of rotatable bonds is 5. The summed E-state index contributed by atoms with van der Waals surface area (Å²) in [6, 6.07) is 10.6. The highest BCUT2D eigenvalue weighted by Crippen LogP contribution is 2.27. The van der Waals surface area contributed by atoms with Crippen LogP contribution in [0.2, 0.25) is 0 Å². The van der Waals surface area contributed by atoms with E-state index in [0.29, 0.717) is 10.6 Å². The summed E-state index contributed by atoms with van der Waals surface area (Å²) in [5.74, 6) is 0.797. The summed E-state index contributed by atoms with van der Waals surface area (Å²) in [7, 11) is -3.25. The molecule has 1 aromatic carbocycles. The Hall–Kier alpha value is -1.75. The molecule has 0 saturated carbocycles. The Labute approximate surface area is 113 Å². The molecule has 0 aliphatic rings. The number of benzene rings is 1. The molecule has 1 N–H and O–H groups in total. The average molecular weight is 279 g/mol. The third-order valence-electron chi connectivity index (χ3n) is 2.91. The number of hydrogen-bond acceptors (Lipinski definition) is 4. The summed E-state index contributed by atoms with van der Waals surface area (Å²) < 4.78 is 28.9. The van der Waals surface area contributed by atoms with Crippen molar-refractivity contribution in [2.24, 2.45) is 0 Å². The predicted octanol–water partition coefficient (Wildman–Crippen LogP) is 3.25. The fourth-order valence-corrected chi connectivity index (χ4v) is 2.81. The first-order valence-electron chi connectivity index (χ1n) is 6.11. The molecule has 0 saturated heterocycles. The van der Waals surface area contributed by atoms with Crippen molar-refractivity contribution >= 4 is 15.5 Å². The fraction of sp³-hybridized carbons (Fsp3) is 0.286. The number of anilines is 1. The first-order chi connectivity index (χ1) is 9.02. The molecular formula is C14H17NO3S. The van der Waals surface area contributed by atoms with E-state index in [4.69, 9.17) is 4.42 Å². The number of sulfone groups is 1. The van der Waals surface area contributed by atoms with Gasteiger partial charge in [-0.05, 0) is 30.7 Å². The van der Waals surface area contributed by atoms with Gasteiger partial charge in [0.25, 0.3) is 0 Å². The highest BCUT2D eigenvalue weighted by atomic mass is 32.2. The van der Waals surface area contributed by atoms with Crippen LogP contribution in [0.5, 0.6) is 0 Å². The lowest BCUT2D eigenvalue weighted by Gasteiger charge is -2.18. The number of para-hydroxylation sites is 1. The molecule has 0 radical (unpaired) electrons. The van der Waals surface area contributed by atoms with Crippen LogP contribution in [-0.2, 0) is 9.84 Å². The van der Waals surface area contributed by atoms with E-state index in [9.17, 15) is 8.42 Å². The van der Waals surface area contributed by atoms with Crippen molar-refractivity contribution in [1.82, 2.24) is 0 Å². The molecule has 4 nitrogen and oxygen atoms in total. The zero-order chi connectivity index (χ0) is 13.9. The first-order valence-corrected chi connectivity index (χ1v) is 8.00. The van der Waals surface area contributed by atoms with Crippen molar-refractivity contribution in [3.8, 4) is 0 Å². The minimum absolute atomic E-state index is 0.0436. The van der Waals surface area contributed by atoms with Crippen molar-refractivity contribution in [2.45, 2.75) is 24.3 Å². The smallest absolute Gasteiger partial charge is 0.177 e. The topological polar surface area (TPSA) is 59.3 Å². The van der Waals surface area contributed by atoms with Crippen LogP contribution in [0.25, 0.3) is 0 Å². The van der Waals surface area contributed by atoms with E-state index in [0.717, 1.165) is 12.2 Å². The Morgan fingerprint density at radius 3 is 2.53 bits per heavy atom. The van der Waals surface area contributed by atoms with Gasteiger partial charge in [0.1, 0.15) is 5.76 Å². The van der Waals surface area contributed by atoms with Crippen molar-refractivity contribution in [3.63, 3.8) is 0 Å². The van der Waals surface area contributed by atoms with Gasteiger partial charge in [-0.15, -0.1) is 0 Å². The number of nitrogens with one attached hydrogen (secondary N) is 1. The maximum absolute atomic E-state index is 11.7. The Balaban J connectivity index is 2.33. The van der Waals surface area contributed by atoms with Crippen molar-refractivity contribution < 1.29 is 12.8 Å². The highest BCUT2D eigenvalue weighted by molar-refractivity contribution is 7.90. The summed E-state index contributed by atoms with van der Waals surface area (Å²) in [6.07, 6.45) is 3.62. The molecular weight excluding hydrogens is 262 g/mol. The van der Waals surface area contributed by atoms with E-state index < -0.39 is 9.84 Å². The minimum atomic E-state index is -3.25. The molecule has 5 heteroatoms. The van der Waals surface area contributed by atoms with Gasteiger partial charge in [0, 0.05) is 6.26 Å². The van der Waals surface area contributed by atoms with Crippen molar-refractivity contribution in [2.75, 3.05) is 11.6 Å². The largest absolute Gasteiger partial charge is 0.467 e. The van der Waals surface area contributed by atoms with E-state index in [2.05, 4.69) is 5.32 Å². The zero-order valence-corrected chi connectivity index (χ0v) is 11.8. The standard InChI is InChI=1S/C14H17NO3S/c1-3-11(13-8-6-10-18-13)15-12-7-4-5-9-14(12)19(2,16)17/h4-11,15H,3H2,1-2H3. The Morgan fingerprint density at radius 2 is 1.95 bits per heavy atom. The molecule has 1 aromatic heterocycles. The molecule has 102 valence electrons. The summed E-state index contributed by atoms with van der Waals surface area (Å²) in [5.41, 5.74) is 0.605. The molecule has 1 heterocycles. The number of hydrogen-bond donors (Lipinski definition) is 1. The first kappa shape index (κ1) is 13.7. The molecule has 0 aliphatic heterocycles. The number of furan rings is 1. The van der Waals surface area contributed by atoms with Gasteiger partial charge in [-0.2, -0.15) is 0 Å². The second-order valence-corrected chi connectivity index (χ2v) is 6.37. The van der Waals surface area contributed by atoms with Gasteiger partial charge in [-0.25, -0.2) is 8.42 Å². The van der Waals surface area contributed by atoms with Gasteiger partial charge < -0.3 is 9.73 Å². The Bertz CT molecular complexity index is 632. The summed E-state index contributed by atoms with van der Waals surface area (Å²) >= 11 is 0. The van der Waals surface area contributed by atoms with Crippen LogP contribution in [0.3, 0.4) is 0 Å². The average Bonchev–Trinajstić information content (AvgIpc) is 2.89. The SMILES string of the molecule is CCC(Nc1ccccc1S(C)(=O)=O)c1ccco1. The van der Waals surface area contributed by atoms with E-state index in [-0.39, 0.29) is 6.04 Å². The normalized spacial score (nSPS) is 13.2. The molecule has 1 unspecified atom stereocenters. The van der Waals surface area contributed by atoms with E-state index >= 15 is 0 Å². The second kappa shape index (κ2) is 5.48. The van der Waals surface area contributed by atoms with Gasteiger partial charge >= 0.3 is 0 Å².